The Morgan fingerprint density at radius 1 is 1.20 bits per heavy atom. The Hall–Kier alpha value is -1.16. The molecule has 0 unspecified atom stereocenters. The fraction of sp³-hybridized carbons (Fsp3) is 0.333. The van der Waals surface area contributed by atoms with E-state index in [0.717, 1.165) is 23.6 Å². The van der Waals surface area contributed by atoms with E-state index >= 15 is 0 Å². The van der Waals surface area contributed by atoms with E-state index in [1.165, 1.54) is 0 Å². The number of hydrogen-bond donors (Lipinski definition) is 1. The minimum atomic E-state index is 0.430. The van der Waals surface area contributed by atoms with Crippen LogP contribution in [0, 0.1) is 0 Å². The number of nitrogens with zero attached hydrogens (tertiary/aromatic N) is 2. The van der Waals surface area contributed by atoms with Gasteiger partial charge in [-0.05, 0) is 23.8 Å². The van der Waals surface area contributed by atoms with Gasteiger partial charge in [0.25, 0.3) is 0 Å². The van der Waals surface area contributed by atoms with Gasteiger partial charge in [-0.3, -0.25) is 0 Å². The second-order valence-corrected chi connectivity index (χ2v) is 5.76. The van der Waals surface area contributed by atoms with E-state index in [-0.39, 0.29) is 0 Å². The Bertz CT molecular complexity index is 585. The summed E-state index contributed by atoms with van der Waals surface area (Å²) in [5, 5.41) is 4.62. The van der Waals surface area contributed by atoms with Crippen LogP contribution in [0.25, 0.3) is 0 Å². The van der Waals surface area contributed by atoms with Crippen molar-refractivity contribution in [3.05, 3.63) is 57.6 Å². The topological polar surface area (TPSA) is 37.8 Å². The van der Waals surface area contributed by atoms with Crippen LogP contribution in [0.15, 0.2) is 30.5 Å². The SMILES string of the molecule is CC(C)NCc1ccnc(Cc2ccc(Cl)cc2Cl)n1. The Kier molecular flexibility index (Phi) is 5.35. The highest BCUT2D eigenvalue weighted by Crippen LogP contribution is 2.22. The third kappa shape index (κ3) is 4.44. The molecule has 0 radical (unpaired) electrons. The lowest BCUT2D eigenvalue weighted by molar-refractivity contribution is 0.579. The quantitative estimate of drug-likeness (QED) is 0.911. The zero-order valence-corrected chi connectivity index (χ0v) is 13.0. The van der Waals surface area contributed by atoms with Crippen molar-refractivity contribution >= 4 is 23.2 Å². The molecule has 1 heterocycles. The van der Waals surface area contributed by atoms with Crippen LogP contribution < -0.4 is 5.32 Å². The summed E-state index contributed by atoms with van der Waals surface area (Å²) in [5.41, 5.74) is 1.96. The second-order valence-electron chi connectivity index (χ2n) is 4.91. The number of benzene rings is 1. The standard InChI is InChI=1S/C15H17Cl2N3/c1-10(2)19-9-13-5-6-18-15(20-13)7-11-3-4-12(16)8-14(11)17/h3-6,8,10,19H,7,9H2,1-2H3. The first-order valence-corrected chi connectivity index (χ1v) is 7.28. The highest BCUT2D eigenvalue weighted by molar-refractivity contribution is 6.35. The third-order valence-corrected chi connectivity index (χ3v) is 3.41. The monoisotopic (exact) mass is 309 g/mol. The van der Waals surface area contributed by atoms with Crippen LogP contribution in [-0.4, -0.2) is 16.0 Å². The van der Waals surface area contributed by atoms with E-state index in [9.17, 15) is 0 Å². The van der Waals surface area contributed by atoms with Crippen LogP contribution in [0.5, 0.6) is 0 Å². The van der Waals surface area contributed by atoms with Gasteiger partial charge < -0.3 is 5.32 Å². The molecular weight excluding hydrogens is 293 g/mol. The summed E-state index contributed by atoms with van der Waals surface area (Å²) < 4.78 is 0. The third-order valence-electron chi connectivity index (χ3n) is 2.82. The lowest BCUT2D eigenvalue weighted by atomic mass is 10.1. The summed E-state index contributed by atoms with van der Waals surface area (Å²) in [7, 11) is 0. The van der Waals surface area contributed by atoms with E-state index in [1.54, 1.807) is 12.3 Å². The van der Waals surface area contributed by atoms with Crippen molar-refractivity contribution in [2.24, 2.45) is 0 Å². The van der Waals surface area contributed by atoms with E-state index in [0.29, 0.717) is 22.5 Å². The first-order valence-electron chi connectivity index (χ1n) is 6.52. The number of aromatic nitrogens is 2. The number of nitrogens with one attached hydrogen (secondary N) is 1. The molecule has 3 nitrogen and oxygen atoms in total. The van der Waals surface area contributed by atoms with Crippen molar-refractivity contribution in [3.8, 4) is 0 Å². The maximum absolute atomic E-state index is 6.17. The summed E-state index contributed by atoms with van der Waals surface area (Å²) in [6.07, 6.45) is 2.38. The van der Waals surface area contributed by atoms with E-state index in [4.69, 9.17) is 23.2 Å². The smallest absolute Gasteiger partial charge is 0.133 e. The first kappa shape index (κ1) is 15.2. The van der Waals surface area contributed by atoms with Crippen LogP contribution in [-0.2, 0) is 13.0 Å². The van der Waals surface area contributed by atoms with Crippen molar-refractivity contribution in [1.82, 2.24) is 15.3 Å². The van der Waals surface area contributed by atoms with Gasteiger partial charge in [0.2, 0.25) is 0 Å². The maximum Gasteiger partial charge on any atom is 0.133 e. The molecule has 5 heteroatoms. The van der Waals surface area contributed by atoms with Crippen molar-refractivity contribution in [1.29, 1.82) is 0 Å². The number of rotatable bonds is 5. The van der Waals surface area contributed by atoms with Crippen LogP contribution in [0.2, 0.25) is 10.0 Å². The van der Waals surface area contributed by atoms with Crippen molar-refractivity contribution in [3.63, 3.8) is 0 Å². The Balaban J connectivity index is 2.11. The van der Waals surface area contributed by atoms with E-state index in [2.05, 4.69) is 29.1 Å². The molecule has 0 bridgehead atoms. The summed E-state index contributed by atoms with van der Waals surface area (Å²) in [6, 6.07) is 7.82. The average Bonchev–Trinajstić information content (AvgIpc) is 2.40. The van der Waals surface area contributed by atoms with Crippen molar-refractivity contribution in [2.75, 3.05) is 0 Å². The van der Waals surface area contributed by atoms with Gasteiger partial charge in [0, 0.05) is 35.2 Å². The molecule has 0 aliphatic rings. The molecule has 1 aromatic carbocycles. The summed E-state index contributed by atoms with van der Waals surface area (Å²) >= 11 is 12.1. The summed E-state index contributed by atoms with van der Waals surface area (Å²) in [4.78, 5) is 8.83. The molecule has 0 spiro atoms. The van der Waals surface area contributed by atoms with Gasteiger partial charge in [-0.15, -0.1) is 0 Å². The normalized spacial score (nSPS) is 11.1. The molecule has 1 N–H and O–H groups in total. The fourth-order valence-corrected chi connectivity index (χ4v) is 2.24. The fourth-order valence-electron chi connectivity index (χ4n) is 1.77. The maximum atomic E-state index is 6.17. The molecule has 2 rings (SSSR count). The molecule has 20 heavy (non-hydrogen) atoms. The van der Waals surface area contributed by atoms with Crippen LogP contribution in [0.4, 0.5) is 0 Å². The van der Waals surface area contributed by atoms with Crippen LogP contribution in [0.3, 0.4) is 0 Å². The minimum absolute atomic E-state index is 0.430. The van der Waals surface area contributed by atoms with Gasteiger partial charge in [-0.1, -0.05) is 43.1 Å². The molecule has 2 aromatic rings. The molecule has 0 saturated carbocycles. The van der Waals surface area contributed by atoms with Gasteiger partial charge in [-0.2, -0.15) is 0 Å². The lowest BCUT2D eigenvalue weighted by Gasteiger charge is -2.09. The molecule has 1 aromatic heterocycles. The molecule has 0 aliphatic carbocycles. The molecule has 0 amide bonds. The van der Waals surface area contributed by atoms with Gasteiger partial charge >= 0.3 is 0 Å². The van der Waals surface area contributed by atoms with E-state index < -0.39 is 0 Å². The number of halogens is 2. The predicted molar refractivity (Wildman–Crippen MR) is 83.3 cm³/mol. The van der Waals surface area contributed by atoms with E-state index in [1.807, 2.05) is 18.2 Å². The zero-order chi connectivity index (χ0) is 14.5. The molecule has 0 aliphatic heterocycles. The molecule has 0 fully saturated rings. The molecule has 0 atom stereocenters. The summed E-state index contributed by atoms with van der Waals surface area (Å²) in [5.74, 6) is 0.761. The molecule has 0 saturated heterocycles. The first-order chi connectivity index (χ1) is 9.54. The largest absolute Gasteiger partial charge is 0.309 e. The average molecular weight is 310 g/mol. The second kappa shape index (κ2) is 7.02. The van der Waals surface area contributed by atoms with Gasteiger partial charge in [0.05, 0.1) is 5.69 Å². The Morgan fingerprint density at radius 3 is 2.70 bits per heavy atom. The predicted octanol–water partition coefficient (Wildman–Crippen LogP) is 3.87. The number of hydrogen-bond acceptors (Lipinski definition) is 3. The lowest BCUT2D eigenvalue weighted by Crippen LogP contribution is -2.22. The minimum Gasteiger partial charge on any atom is -0.309 e. The Morgan fingerprint density at radius 2 is 2.00 bits per heavy atom. The van der Waals surface area contributed by atoms with Crippen LogP contribution in [0.1, 0.15) is 30.9 Å². The van der Waals surface area contributed by atoms with Gasteiger partial charge in [0.1, 0.15) is 5.82 Å². The molecule has 106 valence electrons. The van der Waals surface area contributed by atoms with Gasteiger partial charge in [-0.25, -0.2) is 9.97 Å². The zero-order valence-electron chi connectivity index (χ0n) is 11.5. The summed E-state index contributed by atoms with van der Waals surface area (Å²) in [6.45, 7) is 4.95. The van der Waals surface area contributed by atoms with Crippen molar-refractivity contribution in [2.45, 2.75) is 32.9 Å². The Labute approximate surface area is 129 Å². The molecular formula is C15H17Cl2N3. The van der Waals surface area contributed by atoms with Crippen molar-refractivity contribution < 1.29 is 0 Å². The highest BCUT2D eigenvalue weighted by atomic mass is 35.5. The van der Waals surface area contributed by atoms with Gasteiger partial charge in [0.15, 0.2) is 0 Å². The van der Waals surface area contributed by atoms with Crippen LogP contribution >= 0.6 is 23.2 Å². The highest BCUT2D eigenvalue weighted by Gasteiger charge is 2.06.